The number of fused-ring (bicyclic) bond motifs is 1. The van der Waals surface area contributed by atoms with Crippen molar-refractivity contribution in [1.82, 2.24) is 9.78 Å². The van der Waals surface area contributed by atoms with Gasteiger partial charge in [0.15, 0.2) is 11.5 Å². The SMILES string of the molecule is COc1ccc(-c2nn(-c3ccccc3)c(OC(C)=O)c2-c2ccc(NC(=O)c3ccc4c(c3)OCO4)cc2)c(OC)c1. The van der Waals surface area contributed by atoms with Gasteiger partial charge in [0.25, 0.3) is 5.91 Å². The maximum absolute atomic E-state index is 13.0. The van der Waals surface area contributed by atoms with E-state index in [0.717, 1.165) is 0 Å². The lowest BCUT2D eigenvalue weighted by atomic mass is 10.00. The highest BCUT2D eigenvalue weighted by molar-refractivity contribution is 6.05. The van der Waals surface area contributed by atoms with E-state index in [0.29, 0.717) is 62.3 Å². The van der Waals surface area contributed by atoms with Crippen LogP contribution in [-0.4, -0.2) is 42.7 Å². The molecule has 10 nitrogen and oxygen atoms in total. The lowest BCUT2D eigenvalue weighted by Crippen LogP contribution is -2.11. The Morgan fingerprint density at radius 1 is 0.860 bits per heavy atom. The van der Waals surface area contributed by atoms with Crippen LogP contribution in [0.5, 0.6) is 28.9 Å². The number of carbonyl (C=O) groups excluding carboxylic acids is 2. The van der Waals surface area contributed by atoms with Crippen LogP contribution in [0.15, 0.2) is 91.0 Å². The number of rotatable bonds is 8. The lowest BCUT2D eigenvalue weighted by molar-refractivity contribution is -0.132. The minimum atomic E-state index is -0.501. The van der Waals surface area contributed by atoms with E-state index in [9.17, 15) is 9.59 Å². The number of carbonyl (C=O) groups is 2. The third-order valence-electron chi connectivity index (χ3n) is 6.81. The van der Waals surface area contributed by atoms with Crippen LogP contribution < -0.4 is 29.0 Å². The van der Waals surface area contributed by atoms with E-state index in [2.05, 4.69) is 5.32 Å². The standard InChI is InChI=1S/C33H27N3O7/c1-20(37)43-33-30(21-9-12-23(13-10-21)34-32(38)22-11-16-27-29(17-22)42-19-41-27)31(35-36(33)24-7-5-4-6-8-24)26-15-14-25(39-2)18-28(26)40-3/h4-18H,19H2,1-3H3,(H,34,38). The zero-order chi connectivity index (χ0) is 29.9. The average molecular weight is 578 g/mol. The van der Waals surface area contributed by atoms with E-state index in [1.54, 1.807) is 55.3 Å². The number of anilines is 1. The van der Waals surface area contributed by atoms with Crippen molar-refractivity contribution in [2.24, 2.45) is 0 Å². The highest BCUT2D eigenvalue weighted by Crippen LogP contribution is 2.44. The predicted octanol–water partition coefficient (Wildman–Crippen LogP) is 6.13. The topological polar surface area (TPSA) is 110 Å². The highest BCUT2D eigenvalue weighted by atomic mass is 16.7. The largest absolute Gasteiger partial charge is 0.497 e. The maximum Gasteiger partial charge on any atom is 0.309 e. The van der Waals surface area contributed by atoms with Gasteiger partial charge in [-0.2, -0.15) is 9.78 Å². The molecule has 1 aliphatic rings. The van der Waals surface area contributed by atoms with Crippen molar-refractivity contribution in [2.75, 3.05) is 26.3 Å². The van der Waals surface area contributed by atoms with Crippen molar-refractivity contribution >= 4 is 17.6 Å². The third kappa shape index (κ3) is 5.45. The maximum atomic E-state index is 13.0. The van der Waals surface area contributed by atoms with Crippen LogP contribution in [0.4, 0.5) is 5.69 Å². The molecule has 0 bridgehead atoms. The van der Waals surface area contributed by atoms with Crippen LogP contribution >= 0.6 is 0 Å². The van der Waals surface area contributed by atoms with Gasteiger partial charge in [-0.1, -0.05) is 30.3 Å². The van der Waals surface area contributed by atoms with Crippen LogP contribution in [0.2, 0.25) is 0 Å². The van der Waals surface area contributed by atoms with Crippen molar-refractivity contribution in [3.63, 3.8) is 0 Å². The summed E-state index contributed by atoms with van der Waals surface area (Å²) in [7, 11) is 3.15. The number of nitrogens with one attached hydrogen (secondary N) is 1. The number of esters is 1. The average Bonchev–Trinajstić information content (AvgIpc) is 3.65. The Bertz CT molecular complexity index is 1820. The van der Waals surface area contributed by atoms with Gasteiger partial charge in [0.05, 0.1) is 25.5 Å². The second kappa shape index (κ2) is 11.6. The fourth-order valence-electron chi connectivity index (χ4n) is 4.78. The zero-order valence-electron chi connectivity index (χ0n) is 23.6. The number of methoxy groups -OCH3 is 2. The Hall–Kier alpha value is -5.77. The zero-order valence-corrected chi connectivity index (χ0v) is 23.6. The molecule has 0 radical (unpaired) electrons. The van der Waals surface area contributed by atoms with E-state index >= 15 is 0 Å². The molecule has 0 unspecified atom stereocenters. The molecule has 0 saturated heterocycles. The fraction of sp³-hybridized carbons (Fsp3) is 0.121. The van der Waals surface area contributed by atoms with Crippen LogP contribution in [0.25, 0.3) is 28.1 Å². The first-order chi connectivity index (χ1) is 20.9. The van der Waals surface area contributed by atoms with Crippen LogP contribution in [0.3, 0.4) is 0 Å². The van der Waals surface area contributed by atoms with E-state index in [-0.39, 0.29) is 18.6 Å². The smallest absolute Gasteiger partial charge is 0.309 e. The van der Waals surface area contributed by atoms with Crippen molar-refractivity contribution in [1.29, 1.82) is 0 Å². The van der Waals surface area contributed by atoms with Crippen molar-refractivity contribution in [2.45, 2.75) is 6.92 Å². The van der Waals surface area contributed by atoms with Gasteiger partial charge in [0, 0.05) is 29.8 Å². The molecule has 1 N–H and O–H groups in total. The summed E-state index contributed by atoms with van der Waals surface area (Å²) in [4.78, 5) is 25.3. The van der Waals surface area contributed by atoms with Gasteiger partial charge in [-0.15, -0.1) is 0 Å². The van der Waals surface area contributed by atoms with Crippen molar-refractivity contribution in [3.8, 4) is 56.9 Å². The minimum absolute atomic E-state index is 0.127. The first-order valence-electron chi connectivity index (χ1n) is 13.4. The molecule has 216 valence electrons. The third-order valence-corrected chi connectivity index (χ3v) is 6.81. The minimum Gasteiger partial charge on any atom is -0.497 e. The molecule has 0 aliphatic carbocycles. The Kier molecular flexibility index (Phi) is 7.40. The van der Waals surface area contributed by atoms with Gasteiger partial charge in [-0.05, 0) is 60.2 Å². The van der Waals surface area contributed by atoms with Gasteiger partial charge in [-0.3, -0.25) is 9.59 Å². The summed E-state index contributed by atoms with van der Waals surface area (Å²) in [5, 5.41) is 7.82. The molecular formula is C33H27N3O7. The van der Waals surface area contributed by atoms with Crippen LogP contribution in [-0.2, 0) is 4.79 Å². The van der Waals surface area contributed by atoms with Gasteiger partial charge < -0.3 is 29.0 Å². The molecule has 5 aromatic rings. The number of aromatic nitrogens is 2. The molecular weight excluding hydrogens is 550 g/mol. The number of nitrogens with zero attached hydrogens (tertiary/aromatic N) is 2. The Morgan fingerprint density at radius 3 is 2.35 bits per heavy atom. The number of para-hydroxylation sites is 1. The van der Waals surface area contributed by atoms with E-state index in [4.69, 9.17) is 28.8 Å². The molecule has 1 aromatic heterocycles. The summed E-state index contributed by atoms with van der Waals surface area (Å²) in [6.45, 7) is 1.47. The molecule has 1 aliphatic heterocycles. The molecule has 6 rings (SSSR count). The summed E-state index contributed by atoms with van der Waals surface area (Å²) in [5.41, 5.74) is 4.16. The summed E-state index contributed by atoms with van der Waals surface area (Å²) in [6, 6.07) is 27.0. The quantitative estimate of drug-likeness (QED) is 0.219. The predicted molar refractivity (Wildman–Crippen MR) is 159 cm³/mol. The molecule has 0 fully saturated rings. The Balaban J connectivity index is 1.43. The second-order valence-electron chi connectivity index (χ2n) is 9.54. The molecule has 0 atom stereocenters. The molecule has 43 heavy (non-hydrogen) atoms. The van der Waals surface area contributed by atoms with E-state index in [1.807, 2.05) is 54.6 Å². The number of hydrogen-bond acceptors (Lipinski definition) is 8. The van der Waals surface area contributed by atoms with Gasteiger partial charge >= 0.3 is 5.97 Å². The van der Waals surface area contributed by atoms with E-state index in [1.165, 1.54) is 6.92 Å². The van der Waals surface area contributed by atoms with Crippen molar-refractivity contribution < 1.29 is 33.3 Å². The van der Waals surface area contributed by atoms with Crippen LogP contribution in [0, 0.1) is 0 Å². The Morgan fingerprint density at radius 2 is 1.63 bits per heavy atom. The molecule has 0 spiro atoms. The molecule has 0 saturated carbocycles. The first kappa shape index (κ1) is 27.4. The number of benzene rings is 4. The summed E-state index contributed by atoms with van der Waals surface area (Å²) in [5.74, 6) is 1.71. The first-order valence-corrected chi connectivity index (χ1v) is 13.4. The Labute approximate surface area is 247 Å². The molecule has 2 heterocycles. The van der Waals surface area contributed by atoms with Gasteiger partial charge in [0.2, 0.25) is 12.7 Å². The summed E-state index contributed by atoms with van der Waals surface area (Å²) < 4.78 is 29.2. The molecule has 1 amide bonds. The lowest BCUT2D eigenvalue weighted by Gasteiger charge is -2.12. The number of ether oxygens (including phenoxy) is 5. The second-order valence-corrected chi connectivity index (χ2v) is 9.54. The fourth-order valence-corrected chi connectivity index (χ4v) is 4.78. The van der Waals surface area contributed by atoms with Gasteiger partial charge in [-0.25, -0.2) is 0 Å². The molecule has 10 heteroatoms. The number of hydrogen-bond donors (Lipinski definition) is 1. The normalized spacial score (nSPS) is 11.6. The molecule has 4 aromatic carbocycles. The van der Waals surface area contributed by atoms with E-state index < -0.39 is 5.97 Å². The van der Waals surface area contributed by atoms with Crippen molar-refractivity contribution in [3.05, 3.63) is 96.6 Å². The summed E-state index contributed by atoms with van der Waals surface area (Å²) >= 11 is 0. The number of amides is 1. The van der Waals surface area contributed by atoms with Gasteiger partial charge in [0.1, 0.15) is 17.2 Å². The highest BCUT2D eigenvalue weighted by Gasteiger charge is 2.26. The monoisotopic (exact) mass is 577 g/mol. The van der Waals surface area contributed by atoms with Crippen LogP contribution in [0.1, 0.15) is 17.3 Å². The summed E-state index contributed by atoms with van der Waals surface area (Å²) in [6.07, 6.45) is 0.